The van der Waals surface area contributed by atoms with Crippen molar-refractivity contribution in [3.05, 3.63) is 17.5 Å². The number of carbonyl (C=O) groups excluding carboxylic acids is 1. The highest BCUT2D eigenvalue weighted by atomic mass is 16.1. The second-order valence-corrected chi connectivity index (χ2v) is 4.98. The standard InChI is InChI=1S/C12H19N3O/c1-9-10(8-13-15-9)11(16)14-12(2)6-4-3-5-7-12/h8H,3-7H2,1-2H3,(H,13,15)(H,14,16). The Morgan fingerprint density at radius 1 is 1.44 bits per heavy atom. The summed E-state index contributed by atoms with van der Waals surface area (Å²) < 4.78 is 0. The molecule has 1 heterocycles. The lowest BCUT2D eigenvalue weighted by atomic mass is 9.83. The second kappa shape index (κ2) is 4.28. The van der Waals surface area contributed by atoms with E-state index < -0.39 is 0 Å². The number of aromatic nitrogens is 2. The number of nitrogens with one attached hydrogen (secondary N) is 2. The van der Waals surface area contributed by atoms with Crippen LogP contribution >= 0.6 is 0 Å². The molecule has 1 aromatic rings. The van der Waals surface area contributed by atoms with Gasteiger partial charge in [0.25, 0.3) is 5.91 Å². The van der Waals surface area contributed by atoms with Crippen LogP contribution in [0.5, 0.6) is 0 Å². The second-order valence-electron chi connectivity index (χ2n) is 4.98. The van der Waals surface area contributed by atoms with Gasteiger partial charge in [-0.25, -0.2) is 0 Å². The number of hydrogen-bond donors (Lipinski definition) is 2. The van der Waals surface area contributed by atoms with Crippen LogP contribution < -0.4 is 5.32 Å². The first-order valence-corrected chi connectivity index (χ1v) is 5.93. The highest BCUT2D eigenvalue weighted by Gasteiger charge is 2.29. The van der Waals surface area contributed by atoms with Gasteiger partial charge in [-0.2, -0.15) is 5.10 Å². The molecule has 1 aliphatic rings. The van der Waals surface area contributed by atoms with Crippen molar-refractivity contribution in [2.75, 3.05) is 0 Å². The number of aryl methyl sites for hydroxylation is 1. The number of carbonyl (C=O) groups is 1. The summed E-state index contributed by atoms with van der Waals surface area (Å²) in [5.74, 6) is -0.00403. The molecular formula is C12H19N3O. The average molecular weight is 221 g/mol. The molecule has 0 bridgehead atoms. The Hall–Kier alpha value is -1.32. The van der Waals surface area contributed by atoms with Crippen molar-refractivity contribution in [1.82, 2.24) is 15.5 Å². The van der Waals surface area contributed by atoms with Crippen LogP contribution in [0, 0.1) is 6.92 Å². The minimum Gasteiger partial charge on any atom is -0.347 e. The lowest BCUT2D eigenvalue weighted by Gasteiger charge is -2.34. The predicted molar refractivity (Wildman–Crippen MR) is 62.3 cm³/mol. The first-order chi connectivity index (χ1) is 7.61. The van der Waals surface area contributed by atoms with Crippen LogP contribution in [0.4, 0.5) is 0 Å². The van der Waals surface area contributed by atoms with Gasteiger partial charge in [-0.1, -0.05) is 19.3 Å². The van der Waals surface area contributed by atoms with Gasteiger partial charge in [0.1, 0.15) is 0 Å². The third-order valence-corrected chi connectivity index (χ3v) is 3.45. The molecule has 0 spiro atoms. The summed E-state index contributed by atoms with van der Waals surface area (Å²) in [6, 6.07) is 0. The van der Waals surface area contributed by atoms with E-state index in [9.17, 15) is 4.79 Å². The van der Waals surface area contributed by atoms with Crippen molar-refractivity contribution in [3.63, 3.8) is 0 Å². The molecule has 1 amide bonds. The number of hydrogen-bond acceptors (Lipinski definition) is 2. The van der Waals surface area contributed by atoms with Crippen molar-refractivity contribution < 1.29 is 4.79 Å². The molecule has 0 radical (unpaired) electrons. The summed E-state index contributed by atoms with van der Waals surface area (Å²) in [5, 5.41) is 9.80. The molecule has 2 rings (SSSR count). The van der Waals surface area contributed by atoms with Crippen molar-refractivity contribution in [3.8, 4) is 0 Å². The zero-order valence-corrected chi connectivity index (χ0v) is 9.97. The monoisotopic (exact) mass is 221 g/mol. The van der Waals surface area contributed by atoms with Gasteiger partial charge in [0, 0.05) is 11.2 Å². The zero-order chi connectivity index (χ0) is 11.6. The first kappa shape index (κ1) is 11.2. The van der Waals surface area contributed by atoms with Gasteiger partial charge in [0.15, 0.2) is 0 Å². The normalized spacial score (nSPS) is 19.4. The Balaban J connectivity index is 2.04. The van der Waals surface area contributed by atoms with Gasteiger partial charge >= 0.3 is 0 Å². The van der Waals surface area contributed by atoms with E-state index in [0.29, 0.717) is 5.56 Å². The van der Waals surface area contributed by atoms with E-state index in [0.717, 1.165) is 18.5 Å². The lowest BCUT2D eigenvalue weighted by Crippen LogP contribution is -2.47. The highest BCUT2D eigenvalue weighted by molar-refractivity contribution is 5.95. The van der Waals surface area contributed by atoms with Crippen molar-refractivity contribution in [1.29, 1.82) is 0 Å². The van der Waals surface area contributed by atoms with E-state index in [1.54, 1.807) is 6.20 Å². The minimum atomic E-state index is -0.0287. The summed E-state index contributed by atoms with van der Waals surface area (Å²) in [4.78, 5) is 12.0. The SMILES string of the molecule is Cc1[nH]ncc1C(=O)NC1(C)CCCCC1. The van der Waals surface area contributed by atoms with Gasteiger partial charge in [-0.05, 0) is 26.7 Å². The number of amides is 1. The molecule has 88 valence electrons. The molecule has 2 N–H and O–H groups in total. The fraction of sp³-hybridized carbons (Fsp3) is 0.667. The van der Waals surface area contributed by atoms with Crippen molar-refractivity contribution in [2.45, 2.75) is 51.5 Å². The molecular weight excluding hydrogens is 202 g/mol. The van der Waals surface area contributed by atoms with Crippen LogP contribution in [0.2, 0.25) is 0 Å². The van der Waals surface area contributed by atoms with Crippen LogP contribution in [-0.2, 0) is 0 Å². The number of H-pyrrole nitrogens is 1. The molecule has 0 aliphatic heterocycles. The Labute approximate surface area is 95.8 Å². The van der Waals surface area contributed by atoms with E-state index >= 15 is 0 Å². The molecule has 0 unspecified atom stereocenters. The minimum absolute atomic E-state index is 0.00403. The van der Waals surface area contributed by atoms with Crippen molar-refractivity contribution in [2.24, 2.45) is 0 Å². The Bertz CT molecular complexity index is 377. The Morgan fingerprint density at radius 2 is 2.12 bits per heavy atom. The van der Waals surface area contributed by atoms with E-state index in [2.05, 4.69) is 22.4 Å². The maximum absolute atomic E-state index is 12.0. The summed E-state index contributed by atoms with van der Waals surface area (Å²) in [5.41, 5.74) is 1.46. The molecule has 4 heteroatoms. The molecule has 1 saturated carbocycles. The summed E-state index contributed by atoms with van der Waals surface area (Å²) in [7, 11) is 0. The van der Waals surface area contributed by atoms with E-state index in [1.807, 2.05) is 6.92 Å². The lowest BCUT2D eigenvalue weighted by molar-refractivity contribution is 0.0882. The first-order valence-electron chi connectivity index (χ1n) is 5.93. The quantitative estimate of drug-likeness (QED) is 0.804. The van der Waals surface area contributed by atoms with Gasteiger partial charge in [-0.3, -0.25) is 9.89 Å². The largest absolute Gasteiger partial charge is 0.347 e. The third kappa shape index (κ3) is 2.26. The van der Waals surface area contributed by atoms with Crippen LogP contribution in [-0.4, -0.2) is 21.6 Å². The van der Waals surface area contributed by atoms with E-state index in [1.165, 1.54) is 19.3 Å². The molecule has 0 atom stereocenters. The Kier molecular flexibility index (Phi) is 2.99. The average Bonchev–Trinajstić information content (AvgIpc) is 2.65. The third-order valence-electron chi connectivity index (χ3n) is 3.45. The van der Waals surface area contributed by atoms with Crippen LogP contribution in [0.1, 0.15) is 55.1 Å². The Morgan fingerprint density at radius 3 is 2.69 bits per heavy atom. The van der Waals surface area contributed by atoms with Crippen LogP contribution in [0.3, 0.4) is 0 Å². The number of rotatable bonds is 2. The van der Waals surface area contributed by atoms with Crippen LogP contribution in [0.15, 0.2) is 6.20 Å². The highest BCUT2D eigenvalue weighted by Crippen LogP contribution is 2.27. The summed E-state index contributed by atoms with van der Waals surface area (Å²) in [6.45, 7) is 4.00. The molecule has 4 nitrogen and oxygen atoms in total. The maximum Gasteiger partial charge on any atom is 0.255 e. The predicted octanol–water partition coefficient (Wildman–Crippen LogP) is 2.17. The zero-order valence-electron chi connectivity index (χ0n) is 9.97. The molecule has 1 fully saturated rings. The molecule has 0 aromatic carbocycles. The van der Waals surface area contributed by atoms with Gasteiger partial charge in [0.05, 0.1) is 11.8 Å². The fourth-order valence-electron chi connectivity index (χ4n) is 2.38. The molecule has 1 aliphatic carbocycles. The van der Waals surface area contributed by atoms with E-state index in [4.69, 9.17) is 0 Å². The van der Waals surface area contributed by atoms with Crippen molar-refractivity contribution >= 4 is 5.91 Å². The smallest absolute Gasteiger partial charge is 0.255 e. The summed E-state index contributed by atoms with van der Waals surface area (Å²) >= 11 is 0. The maximum atomic E-state index is 12.0. The summed E-state index contributed by atoms with van der Waals surface area (Å²) in [6.07, 6.45) is 7.46. The number of aromatic amines is 1. The molecule has 0 saturated heterocycles. The van der Waals surface area contributed by atoms with E-state index in [-0.39, 0.29) is 11.4 Å². The van der Waals surface area contributed by atoms with Gasteiger partial charge in [0.2, 0.25) is 0 Å². The fourth-order valence-corrected chi connectivity index (χ4v) is 2.38. The van der Waals surface area contributed by atoms with Crippen LogP contribution in [0.25, 0.3) is 0 Å². The van der Waals surface area contributed by atoms with Gasteiger partial charge in [-0.15, -0.1) is 0 Å². The molecule has 1 aromatic heterocycles. The topological polar surface area (TPSA) is 57.8 Å². The number of nitrogens with zero attached hydrogens (tertiary/aromatic N) is 1. The van der Waals surface area contributed by atoms with Gasteiger partial charge < -0.3 is 5.32 Å². The molecule has 16 heavy (non-hydrogen) atoms.